The van der Waals surface area contributed by atoms with E-state index < -0.39 is 6.03 Å². The first-order valence-electron chi connectivity index (χ1n) is 10.7. The van der Waals surface area contributed by atoms with Gasteiger partial charge in [-0.3, -0.25) is 4.57 Å². The minimum absolute atomic E-state index is 0.174. The molecule has 0 bridgehead atoms. The molecule has 0 aliphatic heterocycles. The van der Waals surface area contributed by atoms with Crippen LogP contribution in [-0.2, 0) is 12.3 Å². The maximum absolute atomic E-state index is 12.5. The lowest BCUT2D eigenvalue weighted by Crippen LogP contribution is -2.29. The molecule has 10 heteroatoms. The average molecular weight is 528 g/mol. The molecular formula is C25H23Cl2N5O2S. The molecule has 180 valence electrons. The highest BCUT2D eigenvalue weighted by Crippen LogP contribution is 2.27. The van der Waals surface area contributed by atoms with Gasteiger partial charge in [-0.25, -0.2) is 4.79 Å². The smallest absolute Gasteiger partial charge is 0.319 e. The molecule has 0 aliphatic carbocycles. The molecule has 0 saturated carbocycles. The second-order valence-corrected chi connectivity index (χ2v) is 9.40. The number of halogens is 2. The van der Waals surface area contributed by atoms with Gasteiger partial charge in [-0.05, 0) is 55.0 Å². The first-order valence-corrected chi connectivity index (χ1v) is 12.4. The molecule has 2 amide bonds. The molecule has 0 spiro atoms. The Morgan fingerprint density at radius 1 is 1.03 bits per heavy atom. The van der Waals surface area contributed by atoms with Crippen molar-refractivity contribution >= 4 is 46.7 Å². The van der Waals surface area contributed by atoms with Crippen LogP contribution in [0.3, 0.4) is 0 Å². The summed E-state index contributed by atoms with van der Waals surface area (Å²) in [7, 11) is 1.65. The number of ether oxygens (including phenoxy) is 1. The number of carbonyl (C=O) groups excluding carboxylic acids is 1. The molecule has 4 rings (SSSR count). The Morgan fingerprint density at radius 3 is 2.57 bits per heavy atom. The van der Waals surface area contributed by atoms with Gasteiger partial charge in [0, 0.05) is 17.1 Å². The predicted molar refractivity (Wildman–Crippen MR) is 141 cm³/mol. The molecular weight excluding hydrogens is 505 g/mol. The van der Waals surface area contributed by atoms with Crippen molar-refractivity contribution in [3.63, 3.8) is 0 Å². The van der Waals surface area contributed by atoms with E-state index in [0.29, 0.717) is 27.3 Å². The quantitative estimate of drug-likeness (QED) is 0.255. The molecule has 0 fully saturated rings. The minimum atomic E-state index is -0.396. The predicted octanol–water partition coefficient (Wildman–Crippen LogP) is 6.51. The summed E-state index contributed by atoms with van der Waals surface area (Å²) in [4.78, 5) is 12.5. The SMILES string of the molecule is COc1cccc(CSc2nnc(CNC(=O)Nc3ccc(Cl)c(Cl)c3)n2-c2ccc(C)cc2)c1. The summed E-state index contributed by atoms with van der Waals surface area (Å²) in [6.45, 7) is 2.21. The number of hydrogen-bond acceptors (Lipinski definition) is 5. The molecule has 2 N–H and O–H groups in total. The molecule has 4 aromatic rings. The van der Waals surface area contributed by atoms with E-state index in [2.05, 4.69) is 20.8 Å². The third-order valence-electron chi connectivity index (χ3n) is 5.08. The van der Waals surface area contributed by atoms with Crippen LogP contribution in [-0.4, -0.2) is 27.9 Å². The summed E-state index contributed by atoms with van der Waals surface area (Å²) < 4.78 is 7.27. The maximum atomic E-state index is 12.5. The second-order valence-electron chi connectivity index (χ2n) is 7.65. The molecule has 3 aromatic carbocycles. The van der Waals surface area contributed by atoms with Gasteiger partial charge in [-0.15, -0.1) is 10.2 Å². The lowest BCUT2D eigenvalue weighted by molar-refractivity contribution is 0.251. The summed E-state index contributed by atoms with van der Waals surface area (Å²) >= 11 is 13.5. The van der Waals surface area contributed by atoms with Gasteiger partial charge in [-0.1, -0.05) is 64.8 Å². The number of thioether (sulfide) groups is 1. The van der Waals surface area contributed by atoms with Gasteiger partial charge in [0.05, 0.1) is 23.7 Å². The number of benzene rings is 3. The highest BCUT2D eigenvalue weighted by Gasteiger charge is 2.16. The fourth-order valence-electron chi connectivity index (χ4n) is 3.28. The fraction of sp³-hybridized carbons (Fsp3) is 0.160. The molecule has 0 radical (unpaired) electrons. The van der Waals surface area contributed by atoms with Crippen molar-refractivity contribution in [1.29, 1.82) is 0 Å². The van der Waals surface area contributed by atoms with Crippen molar-refractivity contribution in [2.24, 2.45) is 0 Å². The number of methoxy groups -OCH3 is 1. The van der Waals surface area contributed by atoms with E-state index in [0.717, 1.165) is 27.7 Å². The number of urea groups is 1. The van der Waals surface area contributed by atoms with Crippen molar-refractivity contribution in [2.45, 2.75) is 24.4 Å². The third kappa shape index (κ3) is 6.48. The number of aryl methyl sites for hydroxylation is 1. The zero-order valence-electron chi connectivity index (χ0n) is 19.1. The summed E-state index contributed by atoms with van der Waals surface area (Å²) in [6.07, 6.45) is 0. The molecule has 7 nitrogen and oxygen atoms in total. The van der Waals surface area contributed by atoms with E-state index in [4.69, 9.17) is 27.9 Å². The molecule has 0 aliphatic rings. The van der Waals surface area contributed by atoms with Crippen LogP contribution in [0.1, 0.15) is 17.0 Å². The molecule has 0 unspecified atom stereocenters. The van der Waals surface area contributed by atoms with Crippen molar-refractivity contribution < 1.29 is 9.53 Å². The largest absolute Gasteiger partial charge is 0.497 e. The minimum Gasteiger partial charge on any atom is -0.497 e. The van der Waals surface area contributed by atoms with Crippen LogP contribution in [0.2, 0.25) is 10.0 Å². The van der Waals surface area contributed by atoms with E-state index in [9.17, 15) is 4.79 Å². The van der Waals surface area contributed by atoms with Crippen LogP contribution in [0, 0.1) is 6.92 Å². The third-order valence-corrected chi connectivity index (χ3v) is 6.82. The number of rotatable bonds is 8. The molecule has 0 saturated heterocycles. The van der Waals surface area contributed by atoms with E-state index in [1.165, 1.54) is 0 Å². The fourth-order valence-corrected chi connectivity index (χ4v) is 4.49. The molecule has 1 aromatic heterocycles. The Balaban J connectivity index is 1.51. The topological polar surface area (TPSA) is 81.1 Å². The number of nitrogens with zero attached hydrogens (tertiary/aromatic N) is 3. The highest BCUT2D eigenvalue weighted by atomic mass is 35.5. The maximum Gasteiger partial charge on any atom is 0.319 e. The first-order chi connectivity index (χ1) is 16.9. The van der Waals surface area contributed by atoms with Gasteiger partial charge >= 0.3 is 6.03 Å². The number of anilines is 1. The summed E-state index contributed by atoms with van der Waals surface area (Å²) in [6, 6.07) is 20.5. The van der Waals surface area contributed by atoms with Crippen molar-refractivity contribution in [2.75, 3.05) is 12.4 Å². The number of hydrogen-bond donors (Lipinski definition) is 2. The second kappa shape index (κ2) is 11.5. The van der Waals surface area contributed by atoms with Crippen molar-refractivity contribution in [3.8, 4) is 11.4 Å². The van der Waals surface area contributed by atoms with Crippen LogP contribution < -0.4 is 15.4 Å². The Morgan fingerprint density at radius 2 is 1.83 bits per heavy atom. The lowest BCUT2D eigenvalue weighted by Gasteiger charge is -2.12. The lowest BCUT2D eigenvalue weighted by atomic mass is 10.2. The van der Waals surface area contributed by atoms with Crippen LogP contribution >= 0.6 is 35.0 Å². The zero-order chi connectivity index (χ0) is 24.8. The van der Waals surface area contributed by atoms with Crippen molar-refractivity contribution in [1.82, 2.24) is 20.1 Å². The molecule has 1 heterocycles. The normalized spacial score (nSPS) is 10.7. The highest BCUT2D eigenvalue weighted by molar-refractivity contribution is 7.98. The van der Waals surface area contributed by atoms with E-state index >= 15 is 0 Å². The standard InChI is InChI=1S/C25H23Cl2N5O2S/c1-16-6-9-19(10-7-16)32-23(14-28-24(33)29-18-8-11-21(26)22(27)13-18)30-31-25(32)35-15-17-4-3-5-20(12-17)34-2/h3-13H,14-15H2,1-2H3,(H2,28,29,33). The van der Waals surface area contributed by atoms with Gasteiger partial charge in [0.25, 0.3) is 0 Å². The summed E-state index contributed by atoms with van der Waals surface area (Å²) in [5, 5.41) is 15.8. The number of carbonyl (C=O) groups is 1. The van der Waals surface area contributed by atoms with Crippen LogP contribution in [0.5, 0.6) is 5.75 Å². The van der Waals surface area contributed by atoms with E-state index in [1.54, 1.807) is 37.1 Å². The Labute approximate surface area is 217 Å². The summed E-state index contributed by atoms with van der Waals surface area (Å²) in [5.41, 5.74) is 3.70. The number of nitrogens with one attached hydrogen (secondary N) is 2. The van der Waals surface area contributed by atoms with Gasteiger partial charge in [-0.2, -0.15) is 0 Å². The molecule has 0 atom stereocenters. The number of aromatic nitrogens is 3. The Bertz CT molecular complexity index is 1330. The summed E-state index contributed by atoms with van der Waals surface area (Å²) in [5.74, 6) is 2.10. The Hall–Kier alpha value is -3.20. The van der Waals surface area contributed by atoms with Gasteiger partial charge in [0.15, 0.2) is 11.0 Å². The first kappa shape index (κ1) is 24.9. The zero-order valence-corrected chi connectivity index (χ0v) is 21.4. The van der Waals surface area contributed by atoms with Gasteiger partial charge in [0.2, 0.25) is 0 Å². The van der Waals surface area contributed by atoms with Crippen molar-refractivity contribution in [3.05, 3.63) is 93.7 Å². The van der Waals surface area contributed by atoms with E-state index in [1.807, 2.05) is 60.0 Å². The monoisotopic (exact) mass is 527 g/mol. The molecule has 35 heavy (non-hydrogen) atoms. The average Bonchev–Trinajstić information content (AvgIpc) is 3.27. The van der Waals surface area contributed by atoms with Gasteiger partial charge in [0.1, 0.15) is 5.75 Å². The van der Waals surface area contributed by atoms with E-state index in [-0.39, 0.29) is 6.54 Å². The van der Waals surface area contributed by atoms with Crippen LogP contribution in [0.15, 0.2) is 71.9 Å². The van der Waals surface area contributed by atoms with Crippen LogP contribution in [0.4, 0.5) is 10.5 Å². The van der Waals surface area contributed by atoms with Gasteiger partial charge < -0.3 is 15.4 Å². The number of amides is 2. The van der Waals surface area contributed by atoms with Crippen LogP contribution in [0.25, 0.3) is 5.69 Å². The Kier molecular flexibility index (Phi) is 8.17.